The van der Waals surface area contributed by atoms with Crippen LogP contribution in [0.15, 0.2) is 64.3 Å². The second-order valence-electron chi connectivity index (χ2n) is 8.49. The minimum absolute atomic E-state index is 0.104. The predicted octanol–water partition coefficient (Wildman–Crippen LogP) is 2.53. The molecular formula is C24H28N4O5S. The quantitative estimate of drug-likeness (QED) is 0.600. The largest absolute Gasteiger partial charge is 0.373 e. The Morgan fingerprint density at radius 2 is 1.59 bits per heavy atom. The van der Waals surface area contributed by atoms with Crippen molar-refractivity contribution in [1.82, 2.24) is 13.7 Å². The number of hydrogen-bond acceptors (Lipinski definition) is 5. The summed E-state index contributed by atoms with van der Waals surface area (Å²) in [5.41, 5.74) is 1.34. The number of hydrogen-bond donors (Lipinski definition) is 1. The maximum atomic E-state index is 13.0. The van der Waals surface area contributed by atoms with Crippen LogP contribution >= 0.6 is 0 Å². The lowest BCUT2D eigenvalue weighted by Crippen LogP contribution is -2.48. The predicted molar refractivity (Wildman–Crippen MR) is 129 cm³/mol. The van der Waals surface area contributed by atoms with E-state index in [-0.39, 0.29) is 47.0 Å². The van der Waals surface area contributed by atoms with Crippen LogP contribution in [0.5, 0.6) is 0 Å². The van der Waals surface area contributed by atoms with Gasteiger partial charge >= 0.3 is 0 Å². The van der Waals surface area contributed by atoms with Gasteiger partial charge in [0.2, 0.25) is 10.0 Å². The zero-order chi connectivity index (χ0) is 24.6. The number of rotatable bonds is 5. The third kappa shape index (κ3) is 4.44. The second kappa shape index (κ2) is 9.21. The Morgan fingerprint density at radius 1 is 1.00 bits per heavy atom. The molecule has 2 atom stereocenters. The Kier molecular flexibility index (Phi) is 6.48. The maximum Gasteiger partial charge on any atom is 0.295 e. The van der Waals surface area contributed by atoms with Gasteiger partial charge in [0.05, 0.1) is 28.5 Å². The molecule has 1 aromatic heterocycles. The highest BCUT2D eigenvalue weighted by atomic mass is 32.2. The van der Waals surface area contributed by atoms with Crippen molar-refractivity contribution in [3.8, 4) is 5.69 Å². The van der Waals surface area contributed by atoms with E-state index in [1.54, 1.807) is 18.7 Å². The van der Waals surface area contributed by atoms with E-state index in [9.17, 15) is 18.0 Å². The maximum absolute atomic E-state index is 13.0. The average Bonchev–Trinajstić information content (AvgIpc) is 3.02. The highest BCUT2D eigenvalue weighted by molar-refractivity contribution is 7.89. The smallest absolute Gasteiger partial charge is 0.295 e. The number of para-hydroxylation sites is 1. The van der Waals surface area contributed by atoms with E-state index >= 15 is 0 Å². The minimum atomic E-state index is -3.71. The number of aromatic nitrogens is 2. The van der Waals surface area contributed by atoms with Gasteiger partial charge in [-0.25, -0.2) is 13.1 Å². The molecule has 180 valence electrons. The lowest BCUT2D eigenvalue weighted by molar-refractivity contribution is -0.0440. The Morgan fingerprint density at radius 3 is 2.18 bits per heavy atom. The zero-order valence-corrected chi connectivity index (χ0v) is 20.4. The summed E-state index contributed by atoms with van der Waals surface area (Å²) in [6, 6.07) is 14.9. The van der Waals surface area contributed by atoms with Crippen LogP contribution in [-0.4, -0.2) is 53.3 Å². The molecule has 1 saturated heterocycles. The summed E-state index contributed by atoms with van der Waals surface area (Å²) in [6.45, 7) is 5.97. The molecule has 0 saturated carbocycles. The summed E-state index contributed by atoms with van der Waals surface area (Å²) in [5.74, 6) is -0.497. The molecule has 1 N–H and O–H groups in total. The fourth-order valence-electron chi connectivity index (χ4n) is 4.15. The summed E-state index contributed by atoms with van der Waals surface area (Å²) in [7, 11) is -1.97. The first-order valence-corrected chi connectivity index (χ1v) is 12.4. The Hall–Kier alpha value is -3.21. The van der Waals surface area contributed by atoms with Crippen molar-refractivity contribution in [2.75, 3.05) is 18.4 Å². The van der Waals surface area contributed by atoms with Crippen molar-refractivity contribution in [3.63, 3.8) is 0 Å². The molecule has 0 aliphatic carbocycles. The summed E-state index contributed by atoms with van der Waals surface area (Å²) in [6.07, 6.45) is -0.393. The Labute approximate surface area is 198 Å². The van der Waals surface area contributed by atoms with Gasteiger partial charge < -0.3 is 10.1 Å². The van der Waals surface area contributed by atoms with Gasteiger partial charge in [0.25, 0.3) is 11.5 Å². The molecule has 0 radical (unpaired) electrons. The second-order valence-corrected chi connectivity index (χ2v) is 10.4. The summed E-state index contributed by atoms with van der Waals surface area (Å²) in [4.78, 5) is 26.0. The van der Waals surface area contributed by atoms with E-state index < -0.39 is 15.9 Å². The topological polar surface area (TPSA) is 103 Å². The summed E-state index contributed by atoms with van der Waals surface area (Å²) < 4.78 is 36.3. The molecule has 1 fully saturated rings. The van der Waals surface area contributed by atoms with Gasteiger partial charge in [-0.2, -0.15) is 4.31 Å². The van der Waals surface area contributed by atoms with Crippen molar-refractivity contribution in [1.29, 1.82) is 0 Å². The molecule has 34 heavy (non-hydrogen) atoms. The van der Waals surface area contributed by atoms with Gasteiger partial charge in [-0.05, 0) is 57.2 Å². The molecule has 10 heteroatoms. The van der Waals surface area contributed by atoms with E-state index in [0.29, 0.717) is 11.4 Å². The fourth-order valence-corrected chi connectivity index (χ4v) is 5.74. The first kappa shape index (κ1) is 23.9. The average molecular weight is 485 g/mol. The molecule has 9 nitrogen and oxygen atoms in total. The van der Waals surface area contributed by atoms with Gasteiger partial charge in [-0.3, -0.25) is 14.3 Å². The Balaban J connectivity index is 1.56. The van der Waals surface area contributed by atoms with Crippen LogP contribution in [0.25, 0.3) is 5.69 Å². The molecule has 4 rings (SSSR count). The van der Waals surface area contributed by atoms with Crippen molar-refractivity contribution < 1.29 is 17.9 Å². The van der Waals surface area contributed by atoms with E-state index in [4.69, 9.17) is 4.74 Å². The van der Waals surface area contributed by atoms with Gasteiger partial charge in [0.1, 0.15) is 5.69 Å². The number of anilines is 1. The van der Waals surface area contributed by atoms with Crippen molar-refractivity contribution in [2.24, 2.45) is 7.05 Å². The normalized spacial score (nSPS) is 19.2. The summed E-state index contributed by atoms with van der Waals surface area (Å²) >= 11 is 0. The number of morpholine rings is 1. The number of carbonyl (C=O) groups excluding carboxylic acids is 1. The number of nitrogens with one attached hydrogen (secondary N) is 1. The molecule has 3 aromatic rings. The first-order chi connectivity index (χ1) is 16.1. The standard InChI is InChI=1S/C24H28N4O5S/c1-16-14-27(15-17(2)33-16)34(31,32)21-12-10-19(11-13-21)23(29)25-22-18(3)26(4)28(24(22)30)20-8-6-5-7-9-20/h5-13,16-17H,14-15H2,1-4H3,(H,25,29)/t16-,17+. The third-order valence-electron chi connectivity index (χ3n) is 5.93. The number of ether oxygens (including phenoxy) is 1. The molecule has 2 aromatic carbocycles. The van der Waals surface area contributed by atoms with Gasteiger partial charge in [0, 0.05) is 25.7 Å². The number of sulfonamides is 1. The van der Waals surface area contributed by atoms with E-state index in [1.807, 2.05) is 44.2 Å². The number of nitrogens with zero attached hydrogens (tertiary/aromatic N) is 3. The zero-order valence-electron chi connectivity index (χ0n) is 19.6. The molecule has 0 unspecified atom stereocenters. The highest BCUT2D eigenvalue weighted by Crippen LogP contribution is 2.22. The number of amides is 1. The van der Waals surface area contributed by atoms with Crippen molar-refractivity contribution >= 4 is 21.6 Å². The van der Waals surface area contributed by atoms with Gasteiger partial charge in [-0.1, -0.05) is 18.2 Å². The summed E-state index contributed by atoms with van der Waals surface area (Å²) in [5, 5.41) is 2.69. The number of carbonyl (C=O) groups is 1. The number of benzene rings is 2. The van der Waals surface area contributed by atoms with Crippen LogP contribution < -0.4 is 10.9 Å². The van der Waals surface area contributed by atoms with Crippen LogP contribution in [0.4, 0.5) is 5.69 Å². The van der Waals surface area contributed by atoms with E-state index in [2.05, 4.69) is 5.32 Å². The monoisotopic (exact) mass is 484 g/mol. The lowest BCUT2D eigenvalue weighted by Gasteiger charge is -2.34. The molecule has 0 bridgehead atoms. The molecule has 0 spiro atoms. The van der Waals surface area contributed by atoms with Crippen LogP contribution in [0, 0.1) is 6.92 Å². The molecule has 1 aliphatic rings. The van der Waals surface area contributed by atoms with Crippen LogP contribution in [0.3, 0.4) is 0 Å². The minimum Gasteiger partial charge on any atom is -0.373 e. The third-order valence-corrected chi connectivity index (χ3v) is 7.78. The van der Waals surface area contributed by atoms with E-state index in [0.717, 1.165) is 0 Å². The fraction of sp³-hybridized carbons (Fsp3) is 0.333. The van der Waals surface area contributed by atoms with Crippen LogP contribution in [0.2, 0.25) is 0 Å². The molecule has 2 heterocycles. The lowest BCUT2D eigenvalue weighted by atomic mass is 10.2. The first-order valence-electron chi connectivity index (χ1n) is 11.0. The molecular weight excluding hydrogens is 456 g/mol. The van der Waals surface area contributed by atoms with Crippen molar-refractivity contribution in [2.45, 2.75) is 37.9 Å². The SMILES string of the molecule is Cc1c(NC(=O)c2ccc(S(=O)(=O)N3C[C@@H](C)O[C@@H](C)C3)cc2)c(=O)n(-c2ccccc2)n1C. The van der Waals surface area contributed by atoms with Gasteiger partial charge in [-0.15, -0.1) is 0 Å². The molecule has 1 amide bonds. The molecule has 1 aliphatic heterocycles. The van der Waals surface area contributed by atoms with Crippen molar-refractivity contribution in [3.05, 3.63) is 76.2 Å². The van der Waals surface area contributed by atoms with Crippen LogP contribution in [0.1, 0.15) is 29.9 Å². The highest BCUT2D eigenvalue weighted by Gasteiger charge is 2.32. The van der Waals surface area contributed by atoms with Gasteiger partial charge in [0.15, 0.2) is 0 Å². The Bertz CT molecular complexity index is 1350. The van der Waals surface area contributed by atoms with Crippen LogP contribution in [-0.2, 0) is 21.8 Å². The van der Waals surface area contributed by atoms with E-state index in [1.165, 1.54) is 33.3 Å².